The molecule has 4 rings (SSSR count). The maximum absolute atomic E-state index is 10.8. The van der Waals surface area contributed by atoms with Gasteiger partial charge in [-0.15, -0.1) is 0 Å². The first-order chi connectivity index (χ1) is 31.3. The average Bonchev–Trinajstić information content (AvgIpc) is 3.30. The third kappa shape index (κ3) is 16.6. The molecule has 22 heteroatoms. The molecule has 22 nitrogen and oxygen atoms in total. The van der Waals surface area contributed by atoms with Gasteiger partial charge in [0.2, 0.25) is 0 Å². The van der Waals surface area contributed by atoms with E-state index in [1.54, 1.807) is 0 Å². The van der Waals surface area contributed by atoms with E-state index in [4.69, 9.17) is 37.9 Å². The summed E-state index contributed by atoms with van der Waals surface area (Å²) >= 11 is 0. The van der Waals surface area contributed by atoms with Crippen LogP contribution in [0.4, 0.5) is 0 Å². The van der Waals surface area contributed by atoms with Crippen molar-refractivity contribution >= 4 is 0 Å². The van der Waals surface area contributed by atoms with Crippen LogP contribution < -0.4 is 0 Å². The van der Waals surface area contributed by atoms with Crippen LogP contribution in [0.25, 0.3) is 0 Å². The molecule has 0 radical (unpaired) electrons. The van der Waals surface area contributed by atoms with E-state index in [2.05, 4.69) is 0 Å². The molecule has 0 amide bonds. The van der Waals surface area contributed by atoms with Gasteiger partial charge < -0.3 is 109 Å². The maximum atomic E-state index is 10.8. The van der Waals surface area contributed by atoms with Gasteiger partial charge in [-0.2, -0.15) is 0 Å². The van der Waals surface area contributed by atoms with Crippen LogP contribution in [0.15, 0.2) is 0 Å². The first-order valence-corrected chi connectivity index (χ1v) is 23.7. The largest absolute Gasteiger partial charge is 0.394 e. The Bertz CT molecular complexity index is 1150. The Kier molecular flexibility index (Phi) is 26.2. The Labute approximate surface area is 380 Å². The molecule has 4 saturated heterocycles. The highest BCUT2D eigenvalue weighted by molar-refractivity contribution is 4.96. The molecular formula is C43H80O22. The molecule has 0 bridgehead atoms. The summed E-state index contributed by atoms with van der Waals surface area (Å²) in [6.45, 7) is -1.87. The zero-order valence-corrected chi connectivity index (χ0v) is 37.3. The highest BCUT2D eigenvalue weighted by atomic mass is 16.7. The van der Waals surface area contributed by atoms with Crippen LogP contribution in [0, 0.1) is 0 Å². The summed E-state index contributed by atoms with van der Waals surface area (Å²) in [6.07, 6.45) is -11.6. The lowest BCUT2D eigenvalue weighted by molar-refractivity contribution is -0.359. The van der Waals surface area contributed by atoms with E-state index in [1.165, 1.54) is 44.9 Å². The number of aliphatic hydroxyl groups excluding tert-OH is 14. The van der Waals surface area contributed by atoms with E-state index in [0.29, 0.717) is 13.0 Å². The summed E-state index contributed by atoms with van der Waals surface area (Å²) in [5.74, 6) is 0. The summed E-state index contributed by atoms with van der Waals surface area (Å²) in [5, 5.41) is 142. The first-order valence-electron chi connectivity index (χ1n) is 23.7. The fourth-order valence-electron chi connectivity index (χ4n) is 8.68. The van der Waals surface area contributed by atoms with Crippen molar-refractivity contribution in [2.45, 2.75) is 225 Å². The molecule has 0 aromatic heterocycles. The molecule has 0 aliphatic carbocycles. The molecule has 4 aliphatic rings. The van der Waals surface area contributed by atoms with Gasteiger partial charge in [0.15, 0.2) is 18.9 Å². The molecule has 0 saturated carbocycles. The van der Waals surface area contributed by atoms with Crippen LogP contribution in [0.3, 0.4) is 0 Å². The van der Waals surface area contributed by atoms with Crippen molar-refractivity contribution in [3.8, 4) is 0 Å². The summed E-state index contributed by atoms with van der Waals surface area (Å²) < 4.78 is 44.6. The fourth-order valence-corrected chi connectivity index (χ4v) is 8.68. The van der Waals surface area contributed by atoms with Gasteiger partial charge in [-0.1, -0.05) is 89.9 Å². The number of aliphatic hydroxyl groups is 14. The molecule has 0 aromatic carbocycles. The number of unbranched alkanes of at least 4 members (excludes halogenated alkanes) is 15. The van der Waals surface area contributed by atoms with E-state index in [1.807, 2.05) is 0 Å². The van der Waals surface area contributed by atoms with Crippen LogP contribution in [-0.4, -0.2) is 240 Å². The fraction of sp³-hybridized carbons (Fsp3) is 1.00. The van der Waals surface area contributed by atoms with Crippen molar-refractivity contribution in [2.24, 2.45) is 0 Å². The second kappa shape index (κ2) is 30.0. The second-order valence-electron chi connectivity index (χ2n) is 17.8. The van der Waals surface area contributed by atoms with Crippen LogP contribution in [0.1, 0.15) is 103 Å². The molecule has 20 atom stereocenters. The molecule has 4 aliphatic heterocycles. The van der Waals surface area contributed by atoms with Gasteiger partial charge in [-0.25, -0.2) is 0 Å². The minimum Gasteiger partial charge on any atom is -0.394 e. The zero-order chi connectivity index (χ0) is 47.5. The SMILES string of the molecule is OCC1O[C@@H](OC2C(CO)O[C@@H](COCCCCCCCCCCCCCCCCCCOC3OC(CO)C(OC4OC(CO)C(O)[C@@H](O)[C@H]4O)[C@@H](O)[C@H]3O)C(O)[C@H]2O)C(O)[C@@H](O)C1O. The highest BCUT2D eigenvalue weighted by Gasteiger charge is 2.52. The van der Waals surface area contributed by atoms with Crippen LogP contribution in [0.2, 0.25) is 0 Å². The molecule has 0 spiro atoms. The molecule has 12 unspecified atom stereocenters. The van der Waals surface area contributed by atoms with Gasteiger partial charge >= 0.3 is 0 Å². The number of hydrogen-bond donors (Lipinski definition) is 14. The van der Waals surface area contributed by atoms with Gasteiger partial charge in [0, 0.05) is 13.2 Å². The number of rotatable bonds is 30. The van der Waals surface area contributed by atoms with Crippen molar-refractivity contribution in [1.82, 2.24) is 0 Å². The van der Waals surface area contributed by atoms with Crippen molar-refractivity contribution in [3.63, 3.8) is 0 Å². The molecule has 384 valence electrons. The molecule has 4 heterocycles. The summed E-state index contributed by atoms with van der Waals surface area (Å²) in [6, 6.07) is 0. The molecule has 65 heavy (non-hydrogen) atoms. The van der Waals surface area contributed by atoms with E-state index in [9.17, 15) is 71.5 Å². The van der Waals surface area contributed by atoms with Crippen LogP contribution >= 0.6 is 0 Å². The Balaban J connectivity index is 0.929. The lowest BCUT2D eigenvalue weighted by Crippen LogP contribution is -2.64. The average molecular weight is 949 g/mol. The third-order valence-corrected chi connectivity index (χ3v) is 12.8. The van der Waals surface area contributed by atoms with Crippen molar-refractivity contribution in [3.05, 3.63) is 0 Å². The topological polar surface area (TPSA) is 357 Å². The van der Waals surface area contributed by atoms with Crippen LogP contribution in [0.5, 0.6) is 0 Å². The predicted molar refractivity (Wildman–Crippen MR) is 223 cm³/mol. The summed E-state index contributed by atoms with van der Waals surface area (Å²) in [7, 11) is 0. The minimum absolute atomic E-state index is 0.0234. The Hall–Kier alpha value is -0.880. The quantitative estimate of drug-likeness (QED) is 0.0311. The molecular weight excluding hydrogens is 868 g/mol. The lowest BCUT2D eigenvalue weighted by atomic mass is 9.94. The van der Waals surface area contributed by atoms with E-state index in [0.717, 1.165) is 51.4 Å². The summed E-state index contributed by atoms with van der Waals surface area (Å²) in [4.78, 5) is 0. The Morgan fingerprint density at radius 3 is 1.03 bits per heavy atom. The van der Waals surface area contributed by atoms with Gasteiger partial charge in [0.1, 0.15) is 104 Å². The smallest absolute Gasteiger partial charge is 0.187 e. The minimum atomic E-state index is -1.73. The van der Waals surface area contributed by atoms with Gasteiger partial charge in [-0.3, -0.25) is 0 Å². The third-order valence-electron chi connectivity index (χ3n) is 12.8. The van der Waals surface area contributed by atoms with Crippen molar-refractivity contribution < 1.29 is 109 Å². The van der Waals surface area contributed by atoms with E-state index < -0.39 is 149 Å². The Morgan fingerprint density at radius 1 is 0.292 bits per heavy atom. The normalized spacial score (nSPS) is 40.3. The zero-order valence-electron chi connectivity index (χ0n) is 37.3. The van der Waals surface area contributed by atoms with E-state index >= 15 is 0 Å². The molecule has 0 aromatic rings. The van der Waals surface area contributed by atoms with Crippen molar-refractivity contribution in [2.75, 3.05) is 46.2 Å². The van der Waals surface area contributed by atoms with E-state index in [-0.39, 0.29) is 13.2 Å². The maximum Gasteiger partial charge on any atom is 0.187 e. The highest BCUT2D eigenvalue weighted by Crippen LogP contribution is 2.31. The van der Waals surface area contributed by atoms with Gasteiger partial charge in [0.25, 0.3) is 0 Å². The number of hydrogen-bond acceptors (Lipinski definition) is 22. The molecule has 4 fully saturated rings. The second-order valence-corrected chi connectivity index (χ2v) is 17.8. The van der Waals surface area contributed by atoms with Gasteiger partial charge in [-0.05, 0) is 12.8 Å². The van der Waals surface area contributed by atoms with Crippen LogP contribution in [-0.2, 0) is 37.9 Å². The first kappa shape index (κ1) is 56.7. The monoisotopic (exact) mass is 949 g/mol. The standard InChI is InChI=1S/C43H80O22/c44-19-24-29(48)32(51)36(55)42(61-24)64-39-26(21-46)60-28(31(50)34(39)53)23-58-17-15-13-11-9-7-5-3-1-2-4-6-8-10-12-14-16-18-59-41-38(57)35(54)40(27(22-47)63-41)65-43-37(56)33(52)30(49)25(20-45)62-43/h24-57H,1-23H2/t24?,25?,26?,27?,28-,29?,30?,31?,32-,33+,34+,35-,36?,37+,38+,39?,40?,41?,42-,43?/m0/s1. The van der Waals surface area contributed by atoms with Crippen molar-refractivity contribution in [1.29, 1.82) is 0 Å². The molecule has 14 N–H and O–H groups in total. The Morgan fingerprint density at radius 2 is 0.615 bits per heavy atom. The lowest BCUT2D eigenvalue weighted by Gasteiger charge is -2.46. The predicted octanol–water partition coefficient (Wildman–Crippen LogP) is -3.45. The number of ether oxygens (including phenoxy) is 8. The van der Waals surface area contributed by atoms with Gasteiger partial charge in [0.05, 0.1) is 33.0 Å². The summed E-state index contributed by atoms with van der Waals surface area (Å²) in [5.41, 5.74) is 0.